The molecule has 0 saturated carbocycles. The highest BCUT2D eigenvalue weighted by Gasteiger charge is 2.15. The Morgan fingerprint density at radius 1 is 1.10 bits per heavy atom. The fraction of sp³-hybridized carbons (Fsp3) is 0. The zero-order chi connectivity index (χ0) is 14.8. The normalized spacial score (nSPS) is 11.2. The first-order valence-electron chi connectivity index (χ1n) is 5.47. The van der Waals surface area contributed by atoms with Gasteiger partial charge in [0.25, 0.3) is 10.0 Å². The second-order valence-electron chi connectivity index (χ2n) is 3.90. The molecule has 0 aromatic heterocycles. The number of nitrogens with one attached hydrogen (secondary N) is 2. The summed E-state index contributed by atoms with van der Waals surface area (Å²) in [5.74, 6) is 5.23. The van der Waals surface area contributed by atoms with Gasteiger partial charge in [-0.05, 0) is 58.4 Å². The number of nitrogens with two attached hydrogens (primary N) is 1. The van der Waals surface area contributed by atoms with E-state index in [1.165, 1.54) is 18.2 Å². The molecule has 0 radical (unpaired) electrons. The molecule has 0 atom stereocenters. The Kier molecular flexibility index (Phi) is 4.54. The molecule has 0 fully saturated rings. The van der Waals surface area contributed by atoms with Crippen LogP contribution in [0, 0.1) is 0 Å². The van der Waals surface area contributed by atoms with Gasteiger partial charge in [-0.2, -0.15) is 0 Å². The summed E-state index contributed by atoms with van der Waals surface area (Å²) >= 11 is 9.12. The molecule has 0 spiro atoms. The average Bonchev–Trinajstić information content (AvgIpc) is 2.43. The summed E-state index contributed by atoms with van der Waals surface area (Å²) in [5.41, 5.74) is 3.42. The molecule has 0 aliphatic heterocycles. The lowest BCUT2D eigenvalue weighted by Gasteiger charge is -2.10. The molecule has 2 aromatic rings. The van der Waals surface area contributed by atoms with Crippen LogP contribution < -0.4 is 16.0 Å². The number of hydrazine groups is 1. The molecule has 8 heteroatoms. The van der Waals surface area contributed by atoms with E-state index >= 15 is 0 Å². The van der Waals surface area contributed by atoms with Gasteiger partial charge >= 0.3 is 0 Å². The Bertz CT molecular complexity index is 720. The highest BCUT2D eigenvalue weighted by molar-refractivity contribution is 9.10. The molecule has 0 unspecified atom stereocenters. The molecular weight excluding hydrogens is 366 g/mol. The molecule has 5 nitrogen and oxygen atoms in total. The molecule has 106 valence electrons. The maximum absolute atomic E-state index is 12.2. The zero-order valence-electron chi connectivity index (χ0n) is 10.1. The minimum atomic E-state index is -3.68. The predicted molar refractivity (Wildman–Crippen MR) is 84.2 cm³/mol. The van der Waals surface area contributed by atoms with E-state index < -0.39 is 10.0 Å². The van der Waals surface area contributed by atoms with E-state index in [1.807, 2.05) is 0 Å². The van der Waals surface area contributed by atoms with Crippen molar-refractivity contribution in [1.29, 1.82) is 0 Å². The van der Waals surface area contributed by atoms with Crippen LogP contribution in [0.3, 0.4) is 0 Å². The van der Waals surface area contributed by atoms with Crippen LogP contribution in [0.25, 0.3) is 0 Å². The monoisotopic (exact) mass is 375 g/mol. The number of halogens is 2. The van der Waals surface area contributed by atoms with E-state index in [2.05, 4.69) is 26.1 Å². The Morgan fingerprint density at radius 3 is 2.35 bits per heavy atom. The Labute approximate surface area is 130 Å². The molecule has 2 aromatic carbocycles. The van der Waals surface area contributed by atoms with Gasteiger partial charge in [-0.3, -0.25) is 10.6 Å². The first-order valence-corrected chi connectivity index (χ1v) is 8.12. The smallest absolute Gasteiger partial charge is 0.261 e. The van der Waals surface area contributed by atoms with Crippen molar-refractivity contribution in [3.05, 3.63) is 52.0 Å². The molecule has 0 bridgehead atoms. The number of nitrogen functional groups attached to an aromatic ring is 1. The van der Waals surface area contributed by atoms with Gasteiger partial charge in [0.2, 0.25) is 0 Å². The predicted octanol–water partition coefficient (Wildman–Crippen LogP) is 3.19. The molecule has 0 aliphatic rings. The highest BCUT2D eigenvalue weighted by atomic mass is 79.9. The SMILES string of the molecule is NNc1ccc(S(=O)(=O)Nc2cc(Cl)ccc2Br)cc1. The second-order valence-corrected chi connectivity index (χ2v) is 6.87. The third-order valence-electron chi connectivity index (χ3n) is 2.50. The van der Waals surface area contributed by atoms with Gasteiger partial charge in [0.05, 0.1) is 10.6 Å². The fourth-order valence-corrected chi connectivity index (χ4v) is 3.23. The average molecular weight is 377 g/mol. The van der Waals surface area contributed by atoms with E-state index in [1.54, 1.807) is 24.3 Å². The number of anilines is 2. The van der Waals surface area contributed by atoms with E-state index in [4.69, 9.17) is 17.4 Å². The Hall–Kier alpha value is -1.28. The van der Waals surface area contributed by atoms with Crippen molar-refractivity contribution in [2.24, 2.45) is 5.84 Å². The third kappa shape index (κ3) is 3.43. The molecule has 0 saturated heterocycles. The zero-order valence-corrected chi connectivity index (χ0v) is 13.3. The molecule has 0 amide bonds. The Balaban J connectivity index is 2.32. The van der Waals surface area contributed by atoms with Crippen molar-refractivity contribution in [3.8, 4) is 0 Å². The topological polar surface area (TPSA) is 84.2 Å². The molecular formula is C12H11BrClN3O2S. The molecule has 0 aliphatic carbocycles. The first-order chi connectivity index (χ1) is 9.42. The van der Waals surface area contributed by atoms with E-state index in [0.717, 1.165) is 0 Å². The summed E-state index contributed by atoms with van der Waals surface area (Å²) in [7, 11) is -3.68. The van der Waals surface area contributed by atoms with Gasteiger partial charge in [-0.15, -0.1) is 0 Å². The number of hydrogen-bond donors (Lipinski definition) is 3. The number of benzene rings is 2. The summed E-state index contributed by atoms with van der Waals surface area (Å²) in [6.45, 7) is 0. The van der Waals surface area contributed by atoms with E-state index in [9.17, 15) is 8.42 Å². The van der Waals surface area contributed by atoms with Crippen molar-refractivity contribution >= 4 is 48.9 Å². The van der Waals surface area contributed by atoms with Crippen LogP contribution in [0.5, 0.6) is 0 Å². The number of hydrogen-bond acceptors (Lipinski definition) is 4. The van der Waals surface area contributed by atoms with Crippen molar-refractivity contribution < 1.29 is 8.42 Å². The van der Waals surface area contributed by atoms with Crippen LogP contribution >= 0.6 is 27.5 Å². The molecule has 4 N–H and O–H groups in total. The summed E-state index contributed by atoms with van der Waals surface area (Å²) in [6, 6.07) is 10.9. The van der Waals surface area contributed by atoms with Crippen LogP contribution in [0.15, 0.2) is 51.8 Å². The minimum absolute atomic E-state index is 0.128. The summed E-state index contributed by atoms with van der Waals surface area (Å²) < 4.78 is 27.5. The van der Waals surface area contributed by atoms with Crippen LogP contribution in [0.1, 0.15) is 0 Å². The maximum Gasteiger partial charge on any atom is 0.261 e. The van der Waals surface area contributed by atoms with Gasteiger partial charge in [0, 0.05) is 15.2 Å². The second kappa shape index (κ2) is 6.01. The largest absolute Gasteiger partial charge is 0.324 e. The van der Waals surface area contributed by atoms with Crippen molar-refractivity contribution in [2.45, 2.75) is 4.90 Å². The van der Waals surface area contributed by atoms with Crippen LogP contribution in [0.4, 0.5) is 11.4 Å². The number of rotatable bonds is 4. The lowest BCUT2D eigenvalue weighted by Crippen LogP contribution is -2.13. The summed E-state index contributed by atoms with van der Waals surface area (Å²) in [6.07, 6.45) is 0. The minimum Gasteiger partial charge on any atom is -0.324 e. The van der Waals surface area contributed by atoms with Crippen LogP contribution in [-0.2, 0) is 10.0 Å². The standard InChI is InChI=1S/C12H11BrClN3O2S/c13-11-6-1-8(14)7-12(11)17-20(18,19)10-4-2-9(16-15)3-5-10/h1-7,16-17H,15H2. The van der Waals surface area contributed by atoms with Crippen LogP contribution in [0.2, 0.25) is 5.02 Å². The molecule has 2 rings (SSSR count). The van der Waals surface area contributed by atoms with E-state index in [0.29, 0.717) is 20.9 Å². The van der Waals surface area contributed by atoms with Gasteiger partial charge in [0.15, 0.2) is 0 Å². The van der Waals surface area contributed by atoms with Gasteiger partial charge in [0.1, 0.15) is 0 Å². The fourth-order valence-electron chi connectivity index (χ4n) is 1.51. The van der Waals surface area contributed by atoms with Crippen LogP contribution in [-0.4, -0.2) is 8.42 Å². The first kappa shape index (κ1) is 15.1. The maximum atomic E-state index is 12.2. The van der Waals surface area contributed by atoms with Crippen molar-refractivity contribution in [2.75, 3.05) is 10.1 Å². The summed E-state index contributed by atoms with van der Waals surface area (Å²) in [4.78, 5) is 0.128. The lowest BCUT2D eigenvalue weighted by molar-refractivity contribution is 0.601. The highest BCUT2D eigenvalue weighted by Crippen LogP contribution is 2.28. The van der Waals surface area contributed by atoms with E-state index in [-0.39, 0.29) is 4.90 Å². The molecule has 0 heterocycles. The lowest BCUT2D eigenvalue weighted by atomic mass is 10.3. The number of sulfonamides is 1. The third-order valence-corrected chi connectivity index (χ3v) is 4.81. The van der Waals surface area contributed by atoms with Gasteiger partial charge in [-0.25, -0.2) is 8.42 Å². The van der Waals surface area contributed by atoms with Gasteiger partial charge in [-0.1, -0.05) is 11.6 Å². The van der Waals surface area contributed by atoms with Gasteiger partial charge < -0.3 is 5.43 Å². The summed E-state index contributed by atoms with van der Waals surface area (Å²) in [5, 5.41) is 0.438. The van der Waals surface area contributed by atoms with Crippen molar-refractivity contribution in [3.63, 3.8) is 0 Å². The molecule has 20 heavy (non-hydrogen) atoms. The Morgan fingerprint density at radius 2 is 1.75 bits per heavy atom. The van der Waals surface area contributed by atoms with Crippen molar-refractivity contribution in [1.82, 2.24) is 0 Å². The quantitative estimate of drug-likeness (QED) is 0.565.